The van der Waals surface area contributed by atoms with Crippen molar-refractivity contribution in [3.05, 3.63) is 0 Å². The zero-order valence-electron chi connectivity index (χ0n) is 8.44. The van der Waals surface area contributed by atoms with Gasteiger partial charge in [-0.05, 0) is 24.7 Å². The molecule has 3 heteroatoms. The van der Waals surface area contributed by atoms with Crippen molar-refractivity contribution in [1.82, 2.24) is 10.6 Å². The Bertz CT molecular complexity index is 237. The first-order valence-corrected chi connectivity index (χ1v) is 5.08. The van der Waals surface area contributed by atoms with E-state index in [1.54, 1.807) is 0 Å². The van der Waals surface area contributed by atoms with Crippen LogP contribution >= 0.6 is 0 Å². The van der Waals surface area contributed by atoms with Crippen LogP contribution in [0.2, 0.25) is 0 Å². The number of hydrogen-bond acceptors (Lipinski definition) is 2. The van der Waals surface area contributed by atoms with E-state index in [1.165, 1.54) is 0 Å². The quantitative estimate of drug-likeness (QED) is 0.577. The summed E-state index contributed by atoms with van der Waals surface area (Å²) >= 11 is 0. The van der Waals surface area contributed by atoms with Gasteiger partial charge in [-0.2, -0.15) is 0 Å². The van der Waals surface area contributed by atoms with Gasteiger partial charge in [-0.3, -0.25) is 4.79 Å². The first-order chi connectivity index (χ1) is 6.04. The average Bonchev–Trinajstić information content (AvgIpc) is 2.35. The van der Waals surface area contributed by atoms with E-state index in [0.29, 0.717) is 5.41 Å². The summed E-state index contributed by atoms with van der Waals surface area (Å²) in [5, 5.41) is 6.34. The summed E-state index contributed by atoms with van der Waals surface area (Å²) in [4.78, 5) is 11.7. The molecule has 1 heterocycles. The van der Waals surface area contributed by atoms with Crippen LogP contribution in [-0.4, -0.2) is 24.5 Å². The molecule has 0 bridgehead atoms. The van der Waals surface area contributed by atoms with E-state index in [-0.39, 0.29) is 11.4 Å². The highest BCUT2D eigenvalue weighted by Gasteiger charge is 2.49. The van der Waals surface area contributed by atoms with E-state index >= 15 is 0 Å². The minimum atomic E-state index is -0.234. The van der Waals surface area contributed by atoms with Gasteiger partial charge in [0.05, 0.1) is 5.54 Å². The Balaban J connectivity index is 2.16. The Morgan fingerprint density at radius 1 is 1.23 bits per heavy atom. The molecule has 1 aliphatic heterocycles. The van der Waals surface area contributed by atoms with Crippen LogP contribution in [0, 0.1) is 5.41 Å². The second-order valence-corrected chi connectivity index (χ2v) is 5.11. The lowest BCUT2D eigenvalue weighted by Crippen LogP contribution is -2.62. The predicted octanol–water partition coefficient (Wildman–Crippen LogP) is 0.655. The molecule has 0 aromatic carbocycles. The summed E-state index contributed by atoms with van der Waals surface area (Å²) in [6.45, 7) is 6.18. The van der Waals surface area contributed by atoms with E-state index in [4.69, 9.17) is 0 Å². The molecule has 1 spiro atoms. The van der Waals surface area contributed by atoms with Gasteiger partial charge in [-0.1, -0.05) is 13.8 Å². The van der Waals surface area contributed by atoms with Crippen molar-refractivity contribution >= 4 is 5.91 Å². The molecule has 74 valence electrons. The van der Waals surface area contributed by atoms with Crippen molar-refractivity contribution in [2.24, 2.45) is 5.41 Å². The lowest BCUT2D eigenvalue weighted by atomic mass is 9.86. The number of piperazine rings is 1. The maximum Gasteiger partial charge on any atom is 0.240 e. The fourth-order valence-corrected chi connectivity index (χ4v) is 2.62. The van der Waals surface area contributed by atoms with Crippen LogP contribution in [-0.2, 0) is 4.79 Å². The Morgan fingerprint density at radius 2 is 2.00 bits per heavy atom. The third kappa shape index (κ3) is 1.46. The van der Waals surface area contributed by atoms with Gasteiger partial charge < -0.3 is 10.6 Å². The van der Waals surface area contributed by atoms with Crippen molar-refractivity contribution in [3.8, 4) is 0 Å². The molecule has 0 radical (unpaired) electrons. The van der Waals surface area contributed by atoms with Gasteiger partial charge in [-0.25, -0.2) is 0 Å². The minimum absolute atomic E-state index is 0.212. The lowest BCUT2D eigenvalue weighted by Gasteiger charge is -2.34. The van der Waals surface area contributed by atoms with E-state index < -0.39 is 0 Å². The fourth-order valence-electron chi connectivity index (χ4n) is 2.62. The van der Waals surface area contributed by atoms with Crippen molar-refractivity contribution in [2.45, 2.75) is 38.6 Å². The minimum Gasteiger partial charge on any atom is -0.353 e. The van der Waals surface area contributed by atoms with E-state index in [2.05, 4.69) is 24.5 Å². The van der Waals surface area contributed by atoms with Crippen molar-refractivity contribution in [1.29, 1.82) is 0 Å². The third-order valence-corrected chi connectivity index (χ3v) is 3.32. The Hall–Kier alpha value is -0.570. The molecule has 2 aliphatic rings. The third-order valence-electron chi connectivity index (χ3n) is 3.32. The van der Waals surface area contributed by atoms with E-state index in [0.717, 1.165) is 32.4 Å². The van der Waals surface area contributed by atoms with Crippen LogP contribution in [0.1, 0.15) is 33.1 Å². The van der Waals surface area contributed by atoms with Gasteiger partial charge >= 0.3 is 0 Å². The molecule has 1 amide bonds. The number of amides is 1. The maximum atomic E-state index is 11.7. The highest BCUT2D eigenvalue weighted by molar-refractivity contribution is 5.87. The summed E-state index contributed by atoms with van der Waals surface area (Å²) < 4.78 is 0. The van der Waals surface area contributed by atoms with Gasteiger partial charge in [0.1, 0.15) is 0 Å². The Labute approximate surface area is 79.3 Å². The topological polar surface area (TPSA) is 41.1 Å². The summed E-state index contributed by atoms with van der Waals surface area (Å²) in [7, 11) is 0. The standard InChI is InChI=1S/C10H18N2O/c1-9(2)3-4-10(7-9)8(13)11-5-6-12-10/h12H,3-7H2,1-2H3,(H,11,13). The highest BCUT2D eigenvalue weighted by Crippen LogP contribution is 2.43. The Kier molecular flexibility index (Phi) is 1.88. The summed E-state index contributed by atoms with van der Waals surface area (Å²) in [5.74, 6) is 0.212. The molecule has 2 rings (SSSR count). The van der Waals surface area contributed by atoms with Gasteiger partial charge in [0.15, 0.2) is 0 Å². The molecule has 0 aromatic rings. The molecule has 13 heavy (non-hydrogen) atoms. The van der Waals surface area contributed by atoms with Crippen molar-refractivity contribution < 1.29 is 4.79 Å². The number of hydrogen-bond donors (Lipinski definition) is 2. The summed E-state index contributed by atoms with van der Waals surface area (Å²) in [6, 6.07) is 0. The van der Waals surface area contributed by atoms with Crippen LogP contribution in [0.25, 0.3) is 0 Å². The van der Waals surface area contributed by atoms with Gasteiger partial charge in [0, 0.05) is 13.1 Å². The molecule has 1 atom stereocenters. The molecule has 1 saturated heterocycles. The number of carbonyl (C=O) groups is 1. The zero-order chi connectivity index (χ0) is 9.53. The van der Waals surface area contributed by atoms with Crippen LogP contribution in [0.15, 0.2) is 0 Å². The molecular formula is C10H18N2O. The maximum absolute atomic E-state index is 11.7. The van der Waals surface area contributed by atoms with E-state index in [1.807, 2.05) is 0 Å². The van der Waals surface area contributed by atoms with E-state index in [9.17, 15) is 4.79 Å². The van der Waals surface area contributed by atoms with Crippen LogP contribution in [0.3, 0.4) is 0 Å². The monoisotopic (exact) mass is 182 g/mol. The van der Waals surface area contributed by atoms with Gasteiger partial charge in [0.25, 0.3) is 0 Å². The summed E-state index contributed by atoms with van der Waals surface area (Å²) in [6.07, 6.45) is 3.12. The average molecular weight is 182 g/mol. The normalized spacial score (nSPS) is 37.8. The molecule has 3 nitrogen and oxygen atoms in total. The second kappa shape index (κ2) is 2.71. The molecular weight excluding hydrogens is 164 g/mol. The first-order valence-electron chi connectivity index (χ1n) is 5.08. The Morgan fingerprint density at radius 3 is 2.54 bits per heavy atom. The lowest BCUT2D eigenvalue weighted by molar-refractivity contribution is -0.129. The number of rotatable bonds is 0. The molecule has 2 fully saturated rings. The molecule has 2 N–H and O–H groups in total. The van der Waals surface area contributed by atoms with Crippen LogP contribution in [0.4, 0.5) is 0 Å². The first kappa shape index (κ1) is 9.00. The fraction of sp³-hybridized carbons (Fsp3) is 0.900. The van der Waals surface area contributed by atoms with Crippen LogP contribution in [0.5, 0.6) is 0 Å². The number of nitrogens with one attached hydrogen (secondary N) is 2. The molecule has 0 aromatic heterocycles. The molecule has 1 aliphatic carbocycles. The SMILES string of the molecule is CC1(C)CCC2(C1)NCCNC2=O. The molecule has 1 unspecified atom stereocenters. The highest BCUT2D eigenvalue weighted by atomic mass is 16.2. The van der Waals surface area contributed by atoms with Crippen LogP contribution < -0.4 is 10.6 Å². The van der Waals surface area contributed by atoms with Gasteiger partial charge in [0.2, 0.25) is 5.91 Å². The predicted molar refractivity (Wildman–Crippen MR) is 51.4 cm³/mol. The largest absolute Gasteiger partial charge is 0.353 e. The second-order valence-electron chi connectivity index (χ2n) is 5.11. The molecule has 1 saturated carbocycles. The van der Waals surface area contributed by atoms with Crippen molar-refractivity contribution in [3.63, 3.8) is 0 Å². The number of carbonyl (C=O) groups excluding carboxylic acids is 1. The van der Waals surface area contributed by atoms with Gasteiger partial charge in [-0.15, -0.1) is 0 Å². The van der Waals surface area contributed by atoms with Crippen molar-refractivity contribution in [2.75, 3.05) is 13.1 Å². The smallest absolute Gasteiger partial charge is 0.240 e. The zero-order valence-corrected chi connectivity index (χ0v) is 8.44. The summed E-state index contributed by atoms with van der Waals surface area (Å²) in [5.41, 5.74) is 0.0867.